The first kappa shape index (κ1) is 14.7. The number of thioether (sulfide) groups is 1. The van der Waals surface area contributed by atoms with Crippen molar-refractivity contribution < 1.29 is 14.6 Å². The Kier molecular flexibility index (Phi) is 5.13. The van der Waals surface area contributed by atoms with Crippen LogP contribution in [0, 0.1) is 0 Å². The largest absolute Gasteiger partial charge is 0.507 e. The Morgan fingerprint density at radius 3 is 3.00 bits per heavy atom. The Hall–Kier alpha value is -0.710. The molecule has 3 nitrogen and oxygen atoms in total. The van der Waals surface area contributed by atoms with E-state index in [1.54, 1.807) is 17.8 Å². The normalized spacial score (nSPS) is 18.7. The Balaban J connectivity index is 2.00. The third kappa shape index (κ3) is 3.88. The van der Waals surface area contributed by atoms with Crippen molar-refractivity contribution in [3.05, 3.63) is 28.3 Å². The third-order valence-corrected chi connectivity index (χ3v) is 4.46. The zero-order valence-corrected chi connectivity index (χ0v) is 12.4. The summed E-state index contributed by atoms with van der Waals surface area (Å²) in [6.45, 7) is 2.27. The quantitative estimate of drug-likeness (QED) is 0.843. The molecule has 0 spiro atoms. The Morgan fingerprint density at radius 2 is 2.37 bits per heavy atom. The van der Waals surface area contributed by atoms with Gasteiger partial charge >= 0.3 is 0 Å². The lowest BCUT2D eigenvalue weighted by molar-refractivity contribution is 0.101. The fourth-order valence-electron chi connectivity index (χ4n) is 2.11. The van der Waals surface area contributed by atoms with E-state index >= 15 is 0 Å². The molecular formula is C14H17ClO3S. The van der Waals surface area contributed by atoms with Gasteiger partial charge in [0, 0.05) is 28.7 Å². The zero-order valence-electron chi connectivity index (χ0n) is 10.8. The van der Waals surface area contributed by atoms with E-state index in [1.165, 1.54) is 13.0 Å². The van der Waals surface area contributed by atoms with Gasteiger partial charge in [0.15, 0.2) is 5.78 Å². The number of rotatable bonds is 5. The molecule has 1 saturated heterocycles. The molecule has 0 bridgehead atoms. The van der Waals surface area contributed by atoms with Gasteiger partial charge in [-0.05, 0) is 31.9 Å². The molecule has 1 aromatic rings. The number of carbonyl (C=O) groups is 1. The molecule has 1 N–H and O–H groups in total. The summed E-state index contributed by atoms with van der Waals surface area (Å²) in [6.07, 6.45) is 2.55. The van der Waals surface area contributed by atoms with Crippen LogP contribution < -0.4 is 0 Å². The predicted octanol–water partition coefficient (Wildman–Crippen LogP) is 3.66. The molecule has 104 valence electrons. The summed E-state index contributed by atoms with van der Waals surface area (Å²) >= 11 is 7.67. The predicted molar refractivity (Wildman–Crippen MR) is 78.3 cm³/mol. The fourth-order valence-corrected chi connectivity index (χ4v) is 3.43. The number of hydrogen-bond donors (Lipinski definition) is 1. The van der Waals surface area contributed by atoms with Crippen LogP contribution in [0.3, 0.4) is 0 Å². The second-order valence-corrected chi connectivity index (χ2v) is 6.13. The van der Waals surface area contributed by atoms with E-state index < -0.39 is 0 Å². The molecule has 0 aliphatic carbocycles. The Morgan fingerprint density at radius 1 is 1.58 bits per heavy atom. The summed E-state index contributed by atoms with van der Waals surface area (Å²) in [5, 5.41) is 10.5. The van der Waals surface area contributed by atoms with Crippen LogP contribution in [0.2, 0.25) is 5.02 Å². The maximum Gasteiger partial charge on any atom is 0.163 e. The first-order valence-corrected chi connectivity index (χ1v) is 7.83. The minimum atomic E-state index is -0.176. The molecule has 1 aliphatic rings. The van der Waals surface area contributed by atoms with Gasteiger partial charge in [-0.3, -0.25) is 4.79 Å². The number of carbonyl (C=O) groups excluding carboxylic acids is 1. The standard InChI is InChI=1S/C14H17ClO3S/c1-9(16)13-6-11(15)5-10(14(13)17)7-19-8-12-3-2-4-18-12/h5-6,12,17H,2-4,7-8H2,1H3. The van der Waals surface area contributed by atoms with Crippen LogP contribution >= 0.6 is 23.4 Å². The minimum Gasteiger partial charge on any atom is -0.507 e. The van der Waals surface area contributed by atoms with Gasteiger partial charge in [0.2, 0.25) is 0 Å². The lowest BCUT2D eigenvalue weighted by atomic mass is 10.1. The first-order chi connectivity index (χ1) is 9.08. The van der Waals surface area contributed by atoms with Gasteiger partial charge in [0.1, 0.15) is 5.75 Å². The molecule has 0 saturated carbocycles. The van der Waals surface area contributed by atoms with Crippen LogP contribution in [-0.2, 0) is 10.5 Å². The molecule has 1 aliphatic heterocycles. The van der Waals surface area contributed by atoms with Gasteiger partial charge < -0.3 is 9.84 Å². The number of halogens is 1. The Labute approximate surface area is 122 Å². The number of benzene rings is 1. The topological polar surface area (TPSA) is 46.5 Å². The lowest BCUT2D eigenvalue weighted by Crippen LogP contribution is -2.08. The van der Waals surface area contributed by atoms with E-state index in [2.05, 4.69) is 0 Å². The highest BCUT2D eigenvalue weighted by atomic mass is 35.5. The summed E-state index contributed by atoms with van der Waals surface area (Å²) in [6, 6.07) is 3.22. The molecule has 1 heterocycles. The summed E-state index contributed by atoms with van der Waals surface area (Å²) in [7, 11) is 0. The number of ether oxygens (including phenoxy) is 1. The van der Waals surface area contributed by atoms with E-state index in [0.717, 1.165) is 25.2 Å². The maximum absolute atomic E-state index is 11.4. The van der Waals surface area contributed by atoms with Crippen molar-refractivity contribution in [2.24, 2.45) is 0 Å². The lowest BCUT2D eigenvalue weighted by Gasteiger charge is -2.11. The van der Waals surface area contributed by atoms with Crippen molar-refractivity contribution in [3.63, 3.8) is 0 Å². The number of aromatic hydroxyl groups is 1. The molecule has 1 fully saturated rings. The van der Waals surface area contributed by atoms with Crippen LogP contribution in [-0.4, -0.2) is 29.4 Å². The van der Waals surface area contributed by atoms with Crippen molar-refractivity contribution in [2.45, 2.75) is 31.6 Å². The van der Waals surface area contributed by atoms with Crippen LogP contribution in [0.1, 0.15) is 35.7 Å². The molecule has 1 atom stereocenters. The first-order valence-electron chi connectivity index (χ1n) is 6.29. The molecule has 1 aromatic carbocycles. The number of phenolic OH excluding ortho intramolecular Hbond substituents is 1. The molecule has 0 amide bonds. The monoisotopic (exact) mass is 300 g/mol. The average molecular weight is 301 g/mol. The number of hydrogen-bond acceptors (Lipinski definition) is 4. The van der Waals surface area contributed by atoms with Gasteiger partial charge in [0.25, 0.3) is 0 Å². The van der Waals surface area contributed by atoms with Gasteiger partial charge in [-0.1, -0.05) is 11.6 Å². The Bertz CT molecular complexity index is 470. The van der Waals surface area contributed by atoms with Gasteiger partial charge in [-0.15, -0.1) is 0 Å². The van der Waals surface area contributed by atoms with E-state index in [0.29, 0.717) is 28.0 Å². The van der Waals surface area contributed by atoms with E-state index in [1.807, 2.05) is 0 Å². The second-order valence-electron chi connectivity index (χ2n) is 4.67. The van der Waals surface area contributed by atoms with Crippen molar-refractivity contribution in [1.82, 2.24) is 0 Å². The number of ketones is 1. The van der Waals surface area contributed by atoms with Crippen molar-refractivity contribution in [1.29, 1.82) is 0 Å². The van der Waals surface area contributed by atoms with Gasteiger partial charge in [0.05, 0.1) is 11.7 Å². The SMILES string of the molecule is CC(=O)c1cc(Cl)cc(CSCC2CCCO2)c1O. The molecule has 0 aromatic heterocycles. The molecule has 19 heavy (non-hydrogen) atoms. The van der Waals surface area contributed by atoms with E-state index in [-0.39, 0.29) is 11.5 Å². The summed E-state index contributed by atoms with van der Waals surface area (Å²) in [4.78, 5) is 11.4. The van der Waals surface area contributed by atoms with Crippen LogP contribution in [0.15, 0.2) is 12.1 Å². The van der Waals surface area contributed by atoms with Gasteiger partial charge in [-0.2, -0.15) is 11.8 Å². The summed E-state index contributed by atoms with van der Waals surface area (Å²) in [5.74, 6) is 1.41. The summed E-state index contributed by atoms with van der Waals surface area (Å²) < 4.78 is 5.54. The highest BCUT2D eigenvalue weighted by molar-refractivity contribution is 7.98. The van der Waals surface area contributed by atoms with Crippen molar-refractivity contribution in [3.8, 4) is 5.75 Å². The minimum absolute atomic E-state index is 0.0525. The van der Waals surface area contributed by atoms with Crippen LogP contribution in [0.5, 0.6) is 5.75 Å². The average Bonchev–Trinajstić information content (AvgIpc) is 2.86. The summed E-state index contributed by atoms with van der Waals surface area (Å²) in [5.41, 5.74) is 1.00. The highest BCUT2D eigenvalue weighted by Gasteiger charge is 2.17. The molecule has 2 rings (SSSR count). The molecule has 5 heteroatoms. The van der Waals surface area contributed by atoms with Crippen molar-refractivity contribution in [2.75, 3.05) is 12.4 Å². The van der Waals surface area contributed by atoms with E-state index in [4.69, 9.17) is 16.3 Å². The molecule has 0 radical (unpaired) electrons. The highest BCUT2D eigenvalue weighted by Crippen LogP contribution is 2.31. The maximum atomic E-state index is 11.4. The smallest absolute Gasteiger partial charge is 0.163 e. The van der Waals surface area contributed by atoms with Gasteiger partial charge in [-0.25, -0.2) is 0 Å². The zero-order chi connectivity index (χ0) is 13.8. The third-order valence-electron chi connectivity index (χ3n) is 3.12. The fraction of sp³-hybridized carbons (Fsp3) is 0.500. The number of Topliss-reactive ketones (excluding diaryl/α,β-unsaturated/α-hetero) is 1. The number of phenols is 1. The van der Waals surface area contributed by atoms with E-state index in [9.17, 15) is 9.90 Å². The molecular weight excluding hydrogens is 284 g/mol. The second kappa shape index (κ2) is 6.64. The van der Waals surface area contributed by atoms with Crippen LogP contribution in [0.25, 0.3) is 0 Å². The molecule has 1 unspecified atom stereocenters. The van der Waals surface area contributed by atoms with Crippen LogP contribution in [0.4, 0.5) is 0 Å². The van der Waals surface area contributed by atoms with Crippen molar-refractivity contribution >= 4 is 29.1 Å².